The van der Waals surface area contributed by atoms with E-state index in [1.165, 1.54) is 39.0 Å². The van der Waals surface area contributed by atoms with E-state index in [0.717, 1.165) is 42.8 Å². The molecule has 3 aliphatic heterocycles. The molecule has 0 aliphatic carbocycles. The molecule has 3 heterocycles. The Kier molecular flexibility index (Phi) is 5.35. The second kappa shape index (κ2) is 8.61. The van der Waals surface area contributed by atoms with Gasteiger partial charge in [0.25, 0.3) is 0 Å². The highest BCUT2D eigenvalue weighted by Gasteiger charge is 2.62. The third-order valence-corrected chi connectivity index (χ3v) is 9.48. The Morgan fingerprint density at radius 3 is 2.44 bits per heavy atom. The summed E-state index contributed by atoms with van der Waals surface area (Å²) in [4.78, 5) is 10.1. The summed E-state index contributed by atoms with van der Waals surface area (Å²) in [6, 6.07) is 27.0. The Morgan fingerprint density at radius 1 is 0.949 bits per heavy atom. The van der Waals surface area contributed by atoms with Crippen LogP contribution in [0.5, 0.6) is 5.75 Å². The highest BCUT2D eigenvalue weighted by Crippen LogP contribution is 2.58. The van der Waals surface area contributed by atoms with Crippen LogP contribution in [0.15, 0.2) is 77.8 Å². The van der Waals surface area contributed by atoms with E-state index in [0.29, 0.717) is 6.04 Å². The van der Waals surface area contributed by atoms with E-state index in [1.807, 2.05) is 0 Å². The molecule has 0 radical (unpaired) electrons. The highest BCUT2D eigenvalue weighted by atomic mass is 16.5. The van der Waals surface area contributed by atoms with Gasteiger partial charge in [-0.3, -0.25) is 4.99 Å². The zero-order valence-electron chi connectivity index (χ0n) is 23.7. The number of fused-ring (bicyclic) bond motifs is 4. The van der Waals surface area contributed by atoms with E-state index in [9.17, 15) is 0 Å². The number of nitrogens with zero attached hydrogens (tertiary/aromatic N) is 3. The van der Waals surface area contributed by atoms with Gasteiger partial charge in [-0.1, -0.05) is 54.6 Å². The Labute approximate surface area is 231 Å². The molecule has 0 aromatic heterocycles. The number of para-hydroxylation sites is 1. The van der Waals surface area contributed by atoms with Crippen LogP contribution in [-0.4, -0.2) is 31.1 Å². The van der Waals surface area contributed by atoms with Crippen LogP contribution in [0.25, 0.3) is 21.9 Å². The van der Waals surface area contributed by atoms with Gasteiger partial charge in [0.1, 0.15) is 11.4 Å². The molecule has 1 spiro atoms. The van der Waals surface area contributed by atoms with Crippen molar-refractivity contribution in [2.24, 2.45) is 4.99 Å². The molecule has 198 valence electrons. The normalized spacial score (nSPS) is 22.1. The second-order valence-electron chi connectivity index (χ2n) is 11.8. The van der Waals surface area contributed by atoms with E-state index in [4.69, 9.17) is 9.73 Å². The third-order valence-electron chi connectivity index (χ3n) is 9.48. The molecule has 0 bridgehead atoms. The lowest BCUT2D eigenvalue weighted by Crippen LogP contribution is -2.65. The minimum Gasteiger partial charge on any atom is -0.459 e. The molecule has 4 aromatic rings. The van der Waals surface area contributed by atoms with E-state index >= 15 is 0 Å². The number of ether oxygens (including phenoxy) is 1. The molecular formula is C35H37N3O. The van der Waals surface area contributed by atoms with Crippen LogP contribution in [0.2, 0.25) is 0 Å². The molecule has 4 heteroatoms. The first-order valence-electron chi connectivity index (χ1n) is 14.5. The lowest BCUT2D eigenvalue weighted by Gasteiger charge is -2.49. The highest BCUT2D eigenvalue weighted by molar-refractivity contribution is 6.07. The smallest absolute Gasteiger partial charge is 0.229 e. The summed E-state index contributed by atoms with van der Waals surface area (Å²) < 4.78 is 7.28. The SMILES string of the molecule is CCN(CC)c1ccc(-c2cc3c(c4ccccc24)N=CC2(O3)N3c4c(cccc4C2(C)C)CCC3C)cc1. The average Bonchev–Trinajstić information content (AvgIpc) is 3.15. The summed E-state index contributed by atoms with van der Waals surface area (Å²) in [5, 5.41) is 2.33. The van der Waals surface area contributed by atoms with Gasteiger partial charge in [-0.25, -0.2) is 0 Å². The minimum absolute atomic E-state index is 0.268. The van der Waals surface area contributed by atoms with Gasteiger partial charge in [0.15, 0.2) is 0 Å². The van der Waals surface area contributed by atoms with Crippen molar-refractivity contribution in [2.45, 2.75) is 64.6 Å². The molecule has 7 rings (SSSR count). The standard InChI is InChI=1S/C35H37N3O/c1-6-37(7-2)26-19-17-24(18-20-26)29-21-31-32(28-13-9-8-12-27(28)29)36-22-35(39-31)34(4,5)30-14-10-11-25-16-15-23(3)38(35)33(25)30/h8-14,17-23H,6-7,15-16H2,1-5H3. The van der Waals surface area contributed by atoms with Gasteiger partial charge in [-0.15, -0.1) is 0 Å². The monoisotopic (exact) mass is 515 g/mol. The van der Waals surface area contributed by atoms with E-state index in [1.54, 1.807) is 0 Å². The Hall–Kier alpha value is -3.79. The van der Waals surface area contributed by atoms with Crippen LogP contribution < -0.4 is 14.5 Å². The summed E-state index contributed by atoms with van der Waals surface area (Å²) in [5.74, 6) is 0.860. The van der Waals surface area contributed by atoms with Gasteiger partial charge >= 0.3 is 0 Å². The Bertz CT molecular complexity index is 1620. The van der Waals surface area contributed by atoms with Gasteiger partial charge in [-0.2, -0.15) is 0 Å². The van der Waals surface area contributed by atoms with Gasteiger partial charge in [0, 0.05) is 35.9 Å². The fraction of sp³-hybridized carbons (Fsp3) is 0.343. The molecule has 3 aliphatic rings. The summed E-state index contributed by atoms with van der Waals surface area (Å²) in [7, 11) is 0. The predicted octanol–water partition coefficient (Wildman–Crippen LogP) is 8.28. The lowest BCUT2D eigenvalue weighted by atomic mass is 9.77. The fourth-order valence-corrected chi connectivity index (χ4v) is 7.25. The number of benzene rings is 4. The second-order valence-corrected chi connectivity index (χ2v) is 11.8. The molecular weight excluding hydrogens is 478 g/mol. The van der Waals surface area contributed by atoms with Crippen LogP contribution in [0, 0.1) is 0 Å². The van der Waals surface area contributed by atoms with Crippen molar-refractivity contribution in [1.82, 2.24) is 0 Å². The van der Waals surface area contributed by atoms with E-state index in [2.05, 4.69) is 123 Å². The van der Waals surface area contributed by atoms with Crippen molar-refractivity contribution in [3.63, 3.8) is 0 Å². The van der Waals surface area contributed by atoms with Crippen LogP contribution in [0.3, 0.4) is 0 Å². The van der Waals surface area contributed by atoms with Crippen molar-refractivity contribution in [3.05, 3.63) is 83.9 Å². The Balaban J connectivity index is 1.40. The summed E-state index contributed by atoms with van der Waals surface area (Å²) >= 11 is 0. The molecule has 0 fully saturated rings. The number of hydrogen-bond acceptors (Lipinski definition) is 4. The number of rotatable bonds is 4. The van der Waals surface area contributed by atoms with E-state index < -0.39 is 5.72 Å². The molecule has 0 saturated carbocycles. The van der Waals surface area contributed by atoms with Crippen molar-refractivity contribution in [1.29, 1.82) is 0 Å². The van der Waals surface area contributed by atoms with Crippen molar-refractivity contribution in [2.75, 3.05) is 22.9 Å². The maximum atomic E-state index is 7.28. The first-order valence-corrected chi connectivity index (χ1v) is 14.5. The molecule has 39 heavy (non-hydrogen) atoms. The Morgan fingerprint density at radius 2 is 1.69 bits per heavy atom. The van der Waals surface area contributed by atoms with E-state index in [-0.39, 0.29) is 5.41 Å². The van der Waals surface area contributed by atoms with Crippen molar-refractivity contribution < 1.29 is 4.74 Å². The summed E-state index contributed by atoms with van der Waals surface area (Å²) in [6.45, 7) is 13.4. The zero-order valence-corrected chi connectivity index (χ0v) is 23.7. The van der Waals surface area contributed by atoms with Crippen LogP contribution >= 0.6 is 0 Å². The fourth-order valence-electron chi connectivity index (χ4n) is 7.25. The summed E-state index contributed by atoms with van der Waals surface area (Å²) in [5.41, 5.74) is 7.75. The first kappa shape index (κ1) is 24.3. The maximum absolute atomic E-state index is 7.28. The van der Waals surface area contributed by atoms with Crippen molar-refractivity contribution >= 4 is 34.0 Å². The molecule has 0 saturated heterocycles. The topological polar surface area (TPSA) is 28.1 Å². The number of aliphatic imine (C=N–C) groups is 1. The largest absolute Gasteiger partial charge is 0.459 e. The van der Waals surface area contributed by atoms with Gasteiger partial charge < -0.3 is 14.5 Å². The zero-order chi connectivity index (χ0) is 26.9. The summed E-state index contributed by atoms with van der Waals surface area (Å²) in [6.07, 6.45) is 4.32. The predicted molar refractivity (Wildman–Crippen MR) is 164 cm³/mol. The molecule has 2 unspecified atom stereocenters. The third kappa shape index (κ3) is 3.27. The lowest BCUT2D eigenvalue weighted by molar-refractivity contribution is 0.0696. The number of aryl methyl sites for hydroxylation is 1. The first-order chi connectivity index (χ1) is 18.9. The minimum atomic E-state index is -0.676. The van der Waals surface area contributed by atoms with Crippen LogP contribution in [0.4, 0.5) is 17.1 Å². The van der Waals surface area contributed by atoms with Crippen molar-refractivity contribution in [3.8, 4) is 16.9 Å². The molecule has 4 aromatic carbocycles. The number of anilines is 2. The maximum Gasteiger partial charge on any atom is 0.229 e. The molecule has 4 nitrogen and oxygen atoms in total. The quantitative estimate of drug-likeness (QED) is 0.274. The number of hydrogen-bond donors (Lipinski definition) is 0. The average molecular weight is 516 g/mol. The van der Waals surface area contributed by atoms with Gasteiger partial charge in [0.05, 0.1) is 11.6 Å². The van der Waals surface area contributed by atoms with Crippen LogP contribution in [-0.2, 0) is 11.8 Å². The van der Waals surface area contributed by atoms with Crippen LogP contribution in [0.1, 0.15) is 52.2 Å². The molecule has 0 amide bonds. The molecule has 0 N–H and O–H groups in total. The van der Waals surface area contributed by atoms with Gasteiger partial charge in [0.2, 0.25) is 5.72 Å². The molecule has 2 atom stereocenters. The van der Waals surface area contributed by atoms with Gasteiger partial charge in [-0.05, 0) is 93.3 Å².